The monoisotopic (exact) mass is 287 g/mol. The van der Waals surface area contributed by atoms with Gasteiger partial charge in [-0.15, -0.1) is 0 Å². The Morgan fingerprint density at radius 1 is 1.32 bits per heavy atom. The zero-order valence-electron chi connectivity index (χ0n) is 10.8. The van der Waals surface area contributed by atoms with E-state index in [9.17, 15) is 14.4 Å². The lowest BCUT2D eigenvalue weighted by Crippen LogP contribution is -2.37. The molecule has 0 spiro atoms. The molecule has 1 heterocycles. The van der Waals surface area contributed by atoms with Gasteiger partial charge in [0.15, 0.2) is 5.92 Å². The van der Waals surface area contributed by atoms with Gasteiger partial charge in [-0.25, -0.2) is 0 Å². The fourth-order valence-corrected chi connectivity index (χ4v) is 1.71. The summed E-state index contributed by atoms with van der Waals surface area (Å²) < 4.78 is 8.98. The van der Waals surface area contributed by atoms with E-state index in [-0.39, 0.29) is 17.4 Å². The van der Waals surface area contributed by atoms with Crippen molar-refractivity contribution in [1.82, 2.24) is 4.90 Å². The summed E-state index contributed by atoms with van der Waals surface area (Å²) in [6.07, 6.45) is 3.02. The molecule has 7 heteroatoms. The number of allylic oxidation sites excluding steroid dienone is 2. The van der Waals surface area contributed by atoms with E-state index in [2.05, 4.69) is 9.47 Å². The summed E-state index contributed by atoms with van der Waals surface area (Å²) in [5.74, 6) is -2.77. The fourth-order valence-electron chi connectivity index (χ4n) is 1.46. The summed E-state index contributed by atoms with van der Waals surface area (Å²) in [5, 5.41) is 0.162. The summed E-state index contributed by atoms with van der Waals surface area (Å²) in [4.78, 5) is 35.3. The van der Waals surface area contributed by atoms with Crippen LogP contribution in [0.1, 0.15) is 6.42 Å². The Morgan fingerprint density at radius 2 is 1.84 bits per heavy atom. The van der Waals surface area contributed by atoms with Crippen LogP contribution in [-0.2, 0) is 23.9 Å². The third-order valence-electron chi connectivity index (χ3n) is 2.68. The number of hydrogen-bond donors (Lipinski definition) is 0. The van der Waals surface area contributed by atoms with E-state index in [1.165, 1.54) is 17.1 Å². The maximum atomic E-state index is 11.4. The molecule has 0 saturated carbocycles. The summed E-state index contributed by atoms with van der Waals surface area (Å²) in [7, 11) is 3.94. The van der Waals surface area contributed by atoms with Crippen molar-refractivity contribution in [3.05, 3.63) is 22.9 Å². The van der Waals surface area contributed by atoms with E-state index in [0.29, 0.717) is 5.70 Å². The molecule has 1 rings (SSSR count). The Balaban J connectivity index is 2.87. The number of likely N-dealkylation sites (tertiary alicyclic amines) is 1. The van der Waals surface area contributed by atoms with Crippen molar-refractivity contribution >= 4 is 29.4 Å². The molecule has 6 nitrogen and oxygen atoms in total. The number of β-lactam (4-membered cyclic amide) rings is 1. The second-order valence-corrected chi connectivity index (χ2v) is 4.28. The van der Waals surface area contributed by atoms with E-state index >= 15 is 0 Å². The predicted molar refractivity (Wildman–Crippen MR) is 66.9 cm³/mol. The van der Waals surface area contributed by atoms with Crippen molar-refractivity contribution in [3.63, 3.8) is 0 Å². The molecule has 1 saturated heterocycles. The van der Waals surface area contributed by atoms with Crippen LogP contribution in [0.2, 0.25) is 0 Å². The van der Waals surface area contributed by atoms with Crippen molar-refractivity contribution in [2.24, 2.45) is 5.92 Å². The quantitative estimate of drug-likeness (QED) is 0.435. The van der Waals surface area contributed by atoms with Crippen LogP contribution in [0.4, 0.5) is 0 Å². The maximum absolute atomic E-state index is 11.4. The number of esters is 2. The number of nitrogens with zero attached hydrogens (tertiary/aromatic N) is 1. The summed E-state index contributed by atoms with van der Waals surface area (Å²) in [5.41, 5.74) is 0.708. The van der Waals surface area contributed by atoms with Gasteiger partial charge in [-0.1, -0.05) is 11.6 Å². The molecule has 1 aliphatic rings. The average Bonchev–Trinajstić information content (AvgIpc) is 2.42. The molecule has 1 aliphatic heterocycles. The molecule has 0 atom stereocenters. The Labute approximate surface area is 115 Å². The van der Waals surface area contributed by atoms with Crippen molar-refractivity contribution in [2.45, 2.75) is 6.42 Å². The number of hydrogen-bond acceptors (Lipinski definition) is 5. The van der Waals surface area contributed by atoms with Crippen LogP contribution in [0.15, 0.2) is 22.9 Å². The molecule has 0 aromatic carbocycles. The molecular formula is C12H14ClNO5. The molecular weight excluding hydrogens is 274 g/mol. The van der Waals surface area contributed by atoms with E-state index in [4.69, 9.17) is 11.6 Å². The van der Waals surface area contributed by atoms with Crippen LogP contribution < -0.4 is 0 Å². The number of rotatable bonds is 4. The van der Waals surface area contributed by atoms with Crippen LogP contribution in [0.25, 0.3) is 0 Å². The summed E-state index contributed by atoms with van der Waals surface area (Å²) in [6.45, 7) is 0. The van der Waals surface area contributed by atoms with E-state index < -0.39 is 17.9 Å². The van der Waals surface area contributed by atoms with E-state index in [1.54, 1.807) is 7.05 Å². The van der Waals surface area contributed by atoms with Gasteiger partial charge in [-0.3, -0.25) is 14.4 Å². The third-order valence-corrected chi connectivity index (χ3v) is 2.91. The number of carbonyl (C=O) groups excluding carboxylic acids is 3. The molecule has 19 heavy (non-hydrogen) atoms. The zero-order valence-corrected chi connectivity index (χ0v) is 11.6. The van der Waals surface area contributed by atoms with Gasteiger partial charge in [0.2, 0.25) is 5.91 Å². The summed E-state index contributed by atoms with van der Waals surface area (Å²) in [6, 6.07) is 0. The highest BCUT2D eigenvalue weighted by Crippen LogP contribution is 2.24. The van der Waals surface area contributed by atoms with Gasteiger partial charge in [-0.2, -0.15) is 0 Å². The first kappa shape index (κ1) is 15.2. The van der Waals surface area contributed by atoms with Crippen molar-refractivity contribution < 1.29 is 23.9 Å². The Morgan fingerprint density at radius 3 is 2.21 bits per heavy atom. The Bertz CT molecular complexity index is 453. The molecule has 0 aromatic rings. The first-order chi connectivity index (χ1) is 8.90. The van der Waals surface area contributed by atoms with Crippen LogP contribution in [0.5, 0.6) is 0 Å². The molecule has 0 N–H and O–H groups in total. The van der Waals surface area contributed by atoms with Gasteiger partial charge >= 0.3 is 11.9 Å². The Kier molecular flexibility index (Phi) is 5.11. The predicted octanol–water partition coefficient (Wildman–Crippen LogP) is 0.817. The second kappa shape index (κ2) is 6.38. The van der Waals surface area contributed by atoms with Crippen molar-refractivity contribution in [1.29, 1.82) is 0 Å². The summed E-state index contributed by atoms with van der Waals surface area (Å²) >= 11 is 5.93. The topological polar surface area (TPSA) is 72.9 Å². The van der Waals surface area contributed by atoms with Crippen molar-refractivity contribution in [2.75, 3.05) is 21.3 Å². The zero-order chi connectivity index (χ0) is 14.6. The number of methoxy groups -OCH3 is 2. The van der Waals surface area contributed by atoms with Gasteiger partial charge in [-0.05, 0) is 12.2 Å². The van der Waals surface area contributed by atoms with Crippen LogP contribution in [0.3, 0.4) is 0 Å². The molecule has 0 bridgehead atoms. The lowest BCUT2D eigenvalue weighted by atomic mass is 10.1. The minimum Gasteiger partial charge on any atom is -0.468 e. The van der Waals surface area contributed by atoms with Crippen LogP contribution in [0, 0.1) is 5.92 Å². The van der Waals surface area contributed by atoms with E-state index in [1.807, 2.05) is 0 Å². The lowest BCUT2D eigenvalue weighted by Gasteiger charge is -2.29. The third kappa shape index (κ3) is 3.57. The molecule has 0 aromatic heterocycles. The molecule has 0 aliphatic carbocycles. The second-order valence-electron chi connectivity index (χ2n) is 3.84. The smallest absolute Gasteiger partial charge is 0.324 e. The number of halogens is 1. The van der Waals surface area contributed by atoms with Gasteiger partial charge in [0.25, 0.3) is 0 Å². The average molecular weight is 288 g/mol. The molecule has 1 amide bonds. The first-order valence-corrected chi connectivity index (χ1v) is 5.78. The maximum Gasteiger partial charge on any atom is 0.324 e. The standard InChI is InChI=1S/C12H14ClNO5/c1-14-8(6-10(14)15)4-7(13)5-9(11(16)18-2)12(17)19-3/h4-5,9H,6H2,1-3H3/b7-5+,8-4+. The number of ether oxygens (including phenoxy) is 2. The first-order valence-electron chi connectivity index (χ1n) is 5.40. The van der Waals surface area contributed by atoms with Gasteiger partial charge in [0.1, 0.15) is 0 Å². The number of amides is 1. The SMILES string of the molecule is COC(=O)C(/C=C(Cl)\C=C1/CC(=O)N1C)C(=O)OC. The largest absolute Gasteiger partial charge is 0.468 e. The number of carbonyl (C=O) groups is 3. The van der Waals surface area contributed by atoms with Crippen LogP contribution in [-0.4, -0.2) is 44.0 Å². The molecule has 0 radical (unpaired) electrons. The van der Waals surface area contributed by atoms with Crippen LogP contribution >= 0.6 is 11.6 Å². The Hall–Kier alpha value is -1.82. The molecule has 104 valence electrons. The lowest BCUT2D eigenvalue weighted by molar-refractivity contribution is -0.156. The minimum atomic E-state index is -1.22. The van der Waals surface area contributed by atoms with Crippen molar-refractivity contribution in [3.8, 4) is 0 Å². The van der Waals surface area contributed by atoms with Gasteiger partial charge < -0.3 is 14.4 Å². The molecule has 1 fully saturated rings. The van der Waals surface area contributed by atoms with Gasteiger partial charge in [0.05, 0.1) is 20.6 Å². The fraction of sp³-hybridized carbons (Fsp3) is 0.417. The normalized spacial score (nSPS) is 17.5. The highest BCUT2D eigenvalue weighted by atomic mass is 35.5. The highest BCUT2D eigenvalue weighted by Gasteiger charge is 2.28. The highest BCUT2D eigenvalue weighted by molar-refractivity contribution is 6.31. The molecule has 0 unspecified atom stereocenters. The van der Waals surface area contributed by atoms with Gasteiger partial charge in [0, 0.05) is 17.8 Å². The minimum absolute atomic E-state index is 0.0202. The van der Waals surface area contributed by atoms with E-state index in [0.717, 1.165) is 14.2 Å².